The number of hydrogen-bond donors (Lipinski definition) is 2. The maximum absolute atomic E-state index is 13.2. The van der Waals surface area contributed by atoms with Gasteiger partial charge in [-0.3, -0.25) is 19.7 Å². The lowest BCUT2D eigenvalue weighted by molar-refractivity contribution is -0.124. The molecule has 1 aliphatic rings. The van der Waals surface area contributed by atoms with E-state index in [1.807, 2.05) is 0 Å². The number of benzene rings is 1. The van der Waals surface area contributed by atoms with Gasteiger partial charge in [-0.25, -0.2) is 4.98 Å². The topological polar surface area (TPSA) is 140 Å². The molecule has 5 rings (SSSR count). The van der Waals surface area contributed by atoms with Gasteiger partial charge in [-0.05, 0) is 44.0 Å². The first-order chi connectivity index (χ1) is 17.9. The number of phenolic OH excluding ortho intramolecular Hbond substituents is 1. The molecule has 1 aromatic carbocycles. The summed E-state index contributed by atoms with van der Waals surface area (Å²) in [4.78, 5) is 47.3. The summed E-state index contributed by atoms with van der Waals surface area (Å²) in [6.07, 6.45) is 7.25. The van der Waals surface area contributed by atoms with E-state index < -0.39 is 11.3 Å². The molecule has 186 valence electrons. The van der Waals surface area contributed by atoms with Crippen molar-refractivity contribution in [3.8, 4) is 23.3 Å². The fourth-order valence-electron chi connectivity index (χ4n) is 4.44. The second-order valence-corrected chi connectivity index (χ2v) is 8.90. The molecule has 3 aromatic heterocycles. The third-order valence-corrected chi connectivity index (χ3v) is 6.24. The summed E-state index contributed by atoms with van der Waals surface area (Å²) in [7, 11) is 0. The Kier molecular flexibility index (Phi) is 6.51. The van der Waals surface area contributed by atoms with Gasteiger partial charge in [0, 0.05) is 35.9 Å². The van der Waals surface area contributed by atoms with Crippen molar-refractivity contribution in [3.63, 3.8) is 0 Å². The van der Waals surface area contributed by atoms with Crippen molar-refractivity contribution in [2.24, 2.45) is 5.92 Å². The first-order valence-electron chi connectivity index (χ1n) is 11.9. The van der Waals surface area contributed by atoms with E-state index in [2.05, 4.69) is 32.3 Å². The minimum absolute atomic E-state index is 0.0928. The Morgan fingerprint density at radius 1 is 1.16 bits per heavy atom. The van der Waals surface area contributed by atoms with Crippen LogP contribution in [0.2, 0.25) is 0 Å². The average Bonchev–Trinajstić information content (AvgIpc) is 3.33. The molecule has 0 spiro atoms. The van der Waals surface area contributed by atoms with Crippen molar-refractivity contribution in [2.75, 3.05) is 0 Å². The van der Waals surface area contributed by atoms with Gasteiger partial charge in [0.2, 0.25) is 11.3 Å². The molecular weight excluding hydrogens is 474 g/mol. The van der Waals surface area contributed by atoms with Crippen LogP contribution >= 0.6 is 0 Å². The summed E-state index contributed by atoms with van der Waals surface area (Å²) >= 11 is 0. The van der Waals surface area contributed by atoms with E-state index in [-0.39, 0.29) is 40.1 Å². The number of aromatic hydroxyl groups is 1. The molecule has 37 heavy (non-hydrogen) atoms. The fourth-order valence-corrected chi connectivity index (χ4v) is 4.44. The lowest BCUT2D eigenvalue weighted by Crippen LogP contribution is -2.38. The van der Waals surface area contributed by atoms with Crippen LogP contribution < -0.4 is 10.7 Å². The molecule has 1 fully saturated rings. The van der Waals surface area contributed by atoms with Gasteiger partial charge in [0.1, 0.15) is 17.0 Å². The van der Waals surface area contributed by atoms with Crippen LogP contribution in [0.4, 0.5) is 0 Å². The monoisotopic (exact) mass is 497 g/mol. The SMILES string of the molecule is Cc1noc(C#Cc2cc(O)cc(-n3cc(C(=O)NC(=O)C4CCCCC4)c(=O)c4cccnc43)c2)n1. The van der Waals surface area contributed by atoms with Crippen LogP contribution in [0.3, 0.4) is 0 Å². The van der Waals surface area contributed by atoms with Gasteiger partial charge < -0.3 is 14.2 Å². The minimum Gasteiger partial charge on any atom is -0.508 e. The Morgan fingerprint density at radius 3 is 2.73 bits per heavy atom. The number of nitrogens with zero attached hydrogens (tertiary/aromatic N) is 4. The number of fused-ring (bicyclic) bond motifs is 1. The smallest absolute Gasteiger partial charge is 0.302 e. The maximum Gasteiger partial charge on any atom is 0.302 e. The van der Waals surface area contributed by atoms with Gasteiger partial charge in [-0.1, -0.05) is 30.3 Å². The standard InChI is InChI=1S/C27H23N5O5/c1-16-29-23(37-31-16)10-9-17-12-19(14-20(33)13-17)32-15-22(24(34)21-8-5-11-28-25(21)32)27(36)30-26(35)18-6-3-2-4-7-18/h5,8,11-15,18,33H,2-4,6-7H2,1H3,(H,30,35,36). The molecule has 0 bridgehead atoms. The quantitative estimate of drug-likeness (QED) is 0.325. The Hall–Kier alpha value is -4.78. The number of carbonyl (C=O) groups excluding carboxylic acids is 2. The van der Waals surface area contributed by atoms with Crippen molar-refractivity contribution < 1.29 is 19.2 Å². The predicted molar refractivity (Wildman–Crippen MR) is 133 cm³/mol. The van der Waals surface area contributed by atoms with Crippen LogP contribution in [0.15, 0.2) is 52.0 Å². The molecule has 0 unspecified atom stereocenters. The minimum atomic E-state index is -0.771. The fraction of sp³-hybridized carbons (Fsp3) is 0.259. The highest BCUT2D eigenvalue weighted by molar-refractivity contribution is 6.06. The average molecular weight is 498 g/mol. The Balaban J connectivity index is 1.56. The number of nitrogens with one attached hydrogen (secondary N) is 1. The molecule has 3 heterocycles. The van der Waals surface area contributed by atoms with Crippen LogP contribution in [0, 0.1) is 24.7 Å². The molecule has 0 saturated heterocycles. The van der Waals surface area contributed by atoms with Crippen molar-refractivity contribution in [2.45, 2.75) is 39.0 Å². The van der Waals surface area contributed by atoms with Crippen LogP contribution in [0.1, 0.15) is 59.7 Å². The summed E-state index contributed by atoms with van der Waals surface area (Å²) in [6.45, 7) is 1.67. The van der Waals surface area contributed by atoms with Gasteiger partial charge >= 0.3 is 5.89 Å². The number of aromatic nitrogens is 4. The highest BCUT2D eigenvalue weighted by Crippen LogP contribution is 2.24. The number of carbonyl (C=O) groups is 2. The van der Waals surface area contributed by atoms with E-state index >= 15 is 0 Å². The lowest BCUT2D eigenvalue weighted by atomic mass is 9.88. The maximum atomic E-state index is 13.2. The molecule has 1 saturated carbocycles. The third kappa shape index (κ3) is 5.11. The first kappa shape index (κ1) is 23.9. The van der Waals surface area contributed by atoms with Crippen LogP contribution in [0.5, 0.6) is 5.75 Å². The van der Waals surface area contributed by atoms with Crippen molar-refractivity contribution in [1.82, 2.24) is 25.0 Å². The van der Waals surface area contributed by atoms with Gasteiger partial charge in [-0.2, -0.15) is 4.98 Å². The van der Waals surface area contributed by atoms with Crippen LogP contribution in [-0.2, 0) is 4.79 Å². The molecule has 2 N–H and O–H groups in total. The summed E-state index contributed by atoms with van der Waals surface area (Å²) < 4.78 is 6.51. The Labute approximate surface area is 211 Å². The molecule has 2 amide bonds. The molecular formula is C27H23N5O5. The molecule has 0 atom stereocenters. The van der Waals surface area contributed by atoms with E-state index in [0.717, 1.165) is 32.1 Å². The molecule has 4 aromatic rings. The van der Waals surface area contributed by atoms with Gasteiger partial charge in [0.25, 0.3) is 5.91 Å². The van der Waals surface area contributed by atoms with Crippen molar-refractivity contribution in [3.05, 3.63) is 75.8 Å². The molecule has 10 heteroatoms. The van der Waals surface area contributed by atoms with Gasteiger partial charge in [-0.15, -0.1) is 0 Å². The zero-order chi connectivity index (χ0) is 25.9. The van der Waals surface area contributed by atoms with Crippen molar-refractivity contribution in [1.29, 1.82) is 0 Å². The summed E-state index contributed by atoms with van der Waals surface area (Å²) in [6, 6.07) is 7.71. The number of aryl methyl sites for hydroxylation is 1. The Bertz CT molecular complexity index is 1640. The first-order valence-corrected chi connectivity index (χ1v) is 11.9. The number of phenols is 1. The number of rotatable bonds is 3. The van der Waals surface area contributed by atoms with E-state index in [9.17, 15) is 19.5 Å². The van der Waals surface area contributed by atoms with E-state index in [1.54, 1.807) is 25.1 Å². The van der Waals surface area contributed by atoms with Crippen molar-refractivity contribution >= 4 is 22.8 Å². The third-order valence-electron chi connectivity index (χ3n) is 6.24. The summed E-state index contributed by atoms with van der Waals surface area (Å²) in [5.74, 6) is 4.70. The zero-order valence-electron chi connectivity index (χ0n) is 20.0. The predicted octanol–water partition coefficient (Wildman–Crippen LogP) is 3.02. The number of amides is 2. The normalized spacial score (nSPS) is 13.6. The number of hydrogen-bond acceptors (Lipinski definition) is 8. The van der Waals surface area contributed by atoms with E-state index in [4.69, 9.17) is 4.52 Å². The molecule has 10 nitrogen and oxygen atoms in total. The summed E-state index contributed by atoms with van der Waals surface area (Å²) in [5, 5.41) is 16.7. The van der Waals surface area contributed by atoms with Gasteiger partial charge in [0.15, 0.2) is 5.82 Å². The molecule has 1 aliphatic carbocycles. The second kappa shape index (κ2) is 10.1. The van der Waals surface area contributed by atoms with Gasteiger partial charge in [0.05, 0.1) is 11.1 Å². The number of pyridine rings is 2. The lowest BCUT2D eigenvalue weighted by Gasteiger charge is -2.20. The Morgan fingerprint density at radius 2 is 1.97 bits per heavy atom. The molecule has 0 radical (unpaired) electrons. The highest BCUT2D eigenvalue weighted by atomic mass is 16.5. The highest BCUT2D eigenvalue weighted by Gasteiger charge is 2.25. The summed E-state index contributed by atoms with van der Waals surface area (Å²) in [5.41, 5.74) is 0.358. The van der Waals surface area contributed by atoms with E-state index in [0.29, 0.717) is 17.1 Å². The zero-order valence-corrected chi connectivity index (χ0v) is 20.0. The number of imide groups is 1. The van der Waals surface area contributed by atoms with Crippen LogP contribution in [0.25, 0.3) is 16.7 Å². The van der Waals surface area contributed by atoms with Crippen LogP contribution in [-0.4, -0.2) is 36.6 Å². The largest absolute Gasteiger partial charge is 0.508 e. The molecule has 0 aliphatic heterocycles. The van der Waals surface area contributed by atoms with E-state index in [1.165, 1.54) is 29.1 Å². The second-order valence-electron chi connectivity index (χ2n) is 8.90.